The monoisotopic (exact) mass is 298 g/mol. The summed E-state index contributed by atoms with van der Waals surface area (Å²) in [5.74, 6) is -0.307. The number of nitrogens with one attached hydrogen (secondary N) is 2. The molecule has 112 valence electrons. The van der Waals surface area contributed by atoms with Gasteiger partial charge in [-0.1, -0.05) is 38.5 Å². The van der Waals surface area contributed by atoms with Crippen LogP contribution in [0.4, 0.5) is 5.69 Å². The smallest absolute Gasteiger partial charge is 0.234 e. The molecule has 0 aromatic heterocycles. The van der Waals surface area contributed by atoms with Crippen LogP contribution in [-0.2, 0) is 14.8 Å². The van der Waals surface area contributed by atoms with Gasteiger partial charge in [0.2, 0.25) is 15.9 Å². The van der Waals surface area contributed by atoms with E-state index in [9.17, 15) is 13.2 Å². The number of carbonyl (C=O) groups is 1. The number of hydrogen-bond donors (Lipinski definition) is 2. The molecule has 20 heavy (non-hydrogen) atoms. The van der Waals surface area contributed by atoms with E-state index in [0.717, 1.165) is 12.8 Å². The van der Waals surface area contributed by atoms with E-state index in [1.807, 2.05) is 19.9 Å². The van der Waals surface area contributed by atoms with Crippen molar-refractivity contribution in [3.63, 3.8) is 0 Å². The van der Waals surface area contributed by atoms with Crippen molar-refractivity contribution in [2.24, 2.45) is 5.92 Å². The highest BCUT2D eigenvalue weighted by atomic mass is 32.2. The van der Waals surface area contributed by atoms with Crippen LogP contribution in [0.3, 0.4) is 0 Å². The van der Waals surface area contributed by atoms with Crippen LogP contribution in [-0.4, -0.2) is 26.6 Å². The Labute approximate surface area is 120 Å². The quantitative estimate of drug-likeness (QED) is 0.770. The van der Waals surface area contributed by atoms with Crippen molar-refractivity contribution in [3.05, 3.63) is 30.3 Å². The van der Waals surface area contributed by atoms with Gasteiger partial charge in [-0.2, -0.15) is 0 Å². The average Bonchev–Trinajstić information content (AvgIpc) is 2.39. The van der Waals surface area contributed by atoms with Crippen molar-refractivity contribution >= 4 is 21.6 Å². The molecule has 6 heteroatoms. The third-order valence-electron chi connectivity index (χ3n) is 2.89. The van der Waals surface area contributed by atoms with Gasteiger partial charge in [-0.05, 0) is 18.6 Å². The number of hydrogen-bond acceptors (Lipinski definition) is 3. The second-order valence-corrected chi connectivity index (χ2v) is 6.61. The Morgan fingerprint density at radius 1 is 1.25 bits per heavy atom. The molecule has 0 saturated heterocycles. The Kier molecular flexibility index (Phi) is 6.51. The van der Waals surface area contributed by atoms with Crippen LogP contribution >= 0.6 is 0 Å². The van der Waals surface area contributed by atoms with Gasteiger partial charge in [0.1, 0.15) is 0 Å². The second kappa shape index (κ2) is 7.89. The van der Waals surface area contributed by atoms with Gasteiger partial charge in [0.15, 0.2) is 0 Å². The minimum absolute atomic E-state index is 0.0789. The van der Waals surface area contributed by atoms with Crippen LogP contribution < -0.4 is 10.0 Å². The molecular formula is C14H22N2O3S. The molecule has 0 aliphatic heterocycles. The third-order valence-corrected chi connectivity index (χ3v) is 4.17. The van der Waals surface area contributed by atoms with Gasteiger partial charge in [0, 0.05) is 18.2 Å². The lowest BCUT2D eigenvalue weighted by Gasteiger charge is -2.12. The number of carbonyl (C=O) groups excluding carboxylic acids is 1. The summed E-state index contributed by atoms with van der Waals surface area (Å²) in [6.07, 6.45) is 1.74. The fraction of sp³-hybridized carbons (Fsp3) is 0.500. The van der Waals surface area contributed by atoms with Gasteiger partial charge in [-0.25, -0.2) is 8.42 Å². The summed E-state index contributed by atoms with van der Waals surface area (Å²) in [7, 11) is -3.43. The molecule has 1 aromatic carbocycles. The highest BCUT2D eigenvalue weighted by molar-refractivity contribution is 7.92. The second-order valence-electron chi connectivity index (χ2n) is 4.77. The minimum Gasteiger partial charge on any atom is -0.355 e. The van der Waals surface area contributed by atoms with Crippen LogP contribution in [0, 0.1) is 5.92 Å². The van der Waals surface area contributed by atoms with Gasteiger partial charge in [0.25, 0.3) is 0 Å². The zero-order chi connectivity index (χ0) is 15.0. The molecule has 0 heterocycles. The summed E-state index contributed by atoms with van der Waals surface area (Å²) in [6, 6.07) is 8.68. The molecule has 1 amide bonds. The summed E-state index contributed by atoms with van der Waals surface area (Å²) in [6.45, 7) is 3.97. The first-order valence-corrected chi connectivity index (χ1v) is 8.43. The van der Waals surface area contributed by atoms with Crippen LogP contribution in [0.25, 0.3) is 0 Å². The third kappa shape index (κ3) is 6.06. The molecule has 1 rings (SSSR count). The van der Waals surface area contributed by atoms with E-state index in [1.165, 1.54) is 0 Å². The summed E-state index contributed by atoms with van der Waals surface area (Å²) in [5, 5.41) is 2.65. The standard InChI is InChI=1S/C14H22N2O3S/c1-3-7-12(2)14(17)15-10-11-20(18,19)16-13-8-5-4-6-9-13/h4-6,8-9,12,16H,3,7,10-11H2,1-2H3,(H,15,17). The van der Waals surface area contributed by atoms with E-state index < -0.39 is 10.0 Å². The molecule has 0 aliphatic rings. The minimum atomic E-state index is -3.43. The zero-order valence-electron chi connectivity index (χ0n) is 11.9. The summed E-state index contributed by atoms with van der Waals surface area (Å²) < 4.78 is 26.1. The van der Waals surface area contributed by atoms with Crippen molar-refractivity contribution in [2.45, 2.75) is 26.7 Å². The summed E-state index contributed by atoms with van der Waals surface area (Å²) >= 11 is 0. The molecule has 0 fully saturated rings. The lowest BCUT2D eigenvalue weighted by atomic mass is 10.1. The van der Waals surface area contributed by atoms with Crippen LogP contribution in [0.15, 0.2) is 30.3 Å². The van der Waals surface area contributed by atoms with Crippen LogP contribution in [0.5, 0.6) is 0 Å². The Morgan fingerprint density at radius 2 is 1.90 bits per heavy atom. The normalized spacial score (nSPS) is 12.7. The Hall–Kier alpha value is -1.56. The maximum atomic E-state index is 11.8. The van der Waals surface area contributed by atoms with E-state index >= 15 is 0 Å². The molecule has 1 unspecified atom stereocenters. The highest BCUT2D eigenvalue weighted by Gasteiger charge is 2.14. The number of para-hydroxylation sites is 1. The molecule has 1 atom stereocenters. The molecule has 5 nitrogen and oxygen atoms in total. The van der Waals surface area contributed by atoms with Crippen molar-refractivity contribution in [1.82, 2.24) is 5.32 Å². The van der Waals surface area contributed by atoms with Gasteiger partial charge in [0.05, 0.1) is 5.75 Å². The lowest BCUT2D eigenvalue weighted by molar-refractivity contribution is -0.124. The van der Waals surface area contributed by atoms with Crippen LogP contribution in [0.2, 0.25) is 0 Å². The maximum Gasteiger partial charge on any atom is 0.234 e. The predicted octanol–water partition coefficient (Wildman–Crippen LogP) is 1.98. The first kappa shape index (κ1) is 16.5. The summed E-state index contributed by atoms with van der Waals surface area (Å²) in [5.41, 5.74) is 0.526. The first-order chi connectivity index (χ1) is 9.44. The van der Waals surface area contributed by atoms with Crippen molar-refractivity contribution in [1.29, 1.82) is 0 Å². The Morgan fingerprint density at radius 3 is 2.50 bits per heavy atom. The van der Waals surface area contributed by atoms with E-state index in [0.29, 0.717) is 5.69 Å². The molecular weight excluding hydrogens is 276 g/mol. The van der Waals surface area contributed by atoms with Gasteiger partial charge < -0.3 is 5.32 Å². The fourth-order valence-electron chi connectivity index (χ4n) is 1.78. The van der Waals surface area contributed by atoms with Crippen molar-refractivity contribution in [3.8, 4) is 0 Å². The van der Waals surface area contributed by atoms with E-state index in [1.54, 1.807) is 24.3 Å². The number of sulfonamides is 1. The number of amides is 1. The van der Waals surface area contributed by atoms with Crippen LogP contribution in [0.1, 0.15) is 26.7 Å². The van der Waals surface area contributed by atoms with Gasteiger partial charge in [-0.3, -0.25) is 9.52 Å². The van der Waals surface area contributed by atoms with E-state index in [4.69, 9.17) is 0 Å². The topological polar surface area (TPSA) is 75.3 Å². The molecule has 0 radical (unpaired) electrons. The number of rotatable bonds is 8. The molecule has 0 aliphatic carbocycles. The van der Waals surface area contributed by atoms with Crippen molar-refractivity contribution in [2.75, 3.05) is 17.0 Å². The van der Waals surface area contributed by atoms with Gasteiger partial charge >= 0.3 is 0 Å². The summed E-state index contributed by atoms with van der Waals surface area (Å²) in [4.78, 5) is 11.7. The molecule has 1 aromatic rings. The maximum absolute atomic E-state index is 11.8. The fourth-order valence-corrected chi connectivity index (χ4v) is 2.75. The number of benzene rings is 1. The number of anilines is 1. The van der Waals surface area contributed by atoms with E-state index in [2.05, 4.69) is 10.0 Å². The lowest BCUT2D eigenvalue weighted by Crippen LogP contribution is -2.34. The Balaban J connectivity index is 2.39. The Bertz CT molecular complexity index is 514. The molecule has 0 spiro atoms. The average molecular weight is 298 g/mol. The molecule has 2 N–H and O–H groups in total. The molecule has 0 bridgehead atoms. The molecule has 0 saturated carbocycles. The first-order valence-electron chi connectivity index (χ1n) is 6.78. The van der Waals surface area contributed by atoms with Crippen molar-refractivity contribution < 1.29 is 13.2 Å². The largest absolute Gasteiger partial charge is 0.355 e. The SMILES string of the molecule is CCCC(C)C(=O)NCCS(=O)(=O)Nc1ccccc1. The van der Waals surface area contributed by atoms with E-state index in [-0.39, 0.29) is 24.1 Å². The van der Waals surface area contributed by atoms with Gasteiger partial charge in [-0.15, -0.1) is 0 Å². The predicted molar refractivity (Wildman–Crippen MR) is 80.9 cm³/mol. The zero-order valence-corrected chi connectivity index (χ0v) is 12.7. The highest BCUT2D eigenvalue weighted by Crippen LogP contribution is 2.08.